The largest absolute Gasteiger partial charge is 0.343 e. The predicted octanol–water partition coefficient (Wildman–Crippen LogP) is 0.965. The van der Waals surface area contributed by atoms with Crippen molar-refractivity contribution in [2.75, 3.05) is 13.1 Å². The molecule has 2 rings (SSSR count). The highest BCUT2D eigenvalue weighted by Crippen LogP contribution is 2.10. The number of aryl methyl sites for hydroxylation is 1. The van der Waals surface area contributed by atoms with Gasteiger partial charge in [-0.15, -0.1) is 0 Å². The highest BCUT2D eigenvalue weighted by molar-refractivity contribution is 5.76. The molecule has 1 saturated heterocycles. The molecule has 1 aromatic heterocycles. The second-order valence-electron chi connectivity index (χ2n) is 3.67. The number of carbonyl (C=O) groups excluding carboxylic acids is 1. The molecular weight excluding hydrogens is 178 g/mol. The Balaban J connectivity index is 1.77. The third-order valence-corrected chi connectivity index (χ3v) is 2.63. The molecule has 0 saturated carbocycles. The van der Waals surface area contributed by atoms with Gasteiger partial charge in [-0.1, -0.05) is 0 Å². The molecule has 0 unspecified atom stereocenters. The lowest BCUT2D eigenvalue weighted by molar-refractivity contribution is -0.130. The Morgan fingerprint density at radius 3 is 2.93 bits per heavy atom. The highest BCUT2D eigenvalue weighted by atomic mass is 16.2. The minimum absolute atomic E-state index is 0.275. The Morgan fingerprint density at radius 2 is 2.29 bits per heavy atom. The molecule has 1 N–H and O–H groups in total. The summed E-state index contributed by atoms with van der Waals surface area (Å²) in [6.07, 6.45) is 5.42. The van der Waals surface area contributed by atoms with E-state index in [2.05, 4.69) is 10.2 Å². The van der Waals surface area contributed by atoms with Gasteiger partial charge in [0.25, 0.3) is 0 Å². The minimum atomic E-state index is 0.275. The van der Waals surface area contributed by atoms with Gasteiger partial charge < -0.3 is 4.90 Å². The molecule has 0 aromatic carbocycles. The summed E-state index contributed by atoms with van der Waals surface area (Å²) >= 11 is 0. The van der Waals surface area contributed by atoms with Crippen molar-refractivity contribution < 1.29 is 4.79 Å². The minimum Gasteiger partial charge on any atom is -0.343 e. The average Bonchev–Trinajstić information content (AvgIpc) is 2.87. The van der Waals surface area contributed by atoms with Crippen LogP contribution in [0.25, 0.3) is 0 Å². The maximum Gasteiger partial charge on any atom is 0.222 e. The van der Waals surface area contributed by atoms with Crippen LogP contribution in [0.2, 0.25) is 0 Å². The summed E-state index contributed by atoms with van der Waals surface area (Å²) in [6.45, 7) is 1.89. The zero-order valence-corrected chi connectivity index (χ0v) is 8.20. The lowest BCUT2D eigenvalue weighted by Gasteiger charge is -2.14. The Bertz CT molecular complexity index is 288. The smallest absolute Gasteiger partial charge is 0.222 e. The van der Waals surface area contributed by atoms with Crippen LogP contribution in [0.3, 0.4) is 0 Å². The summed E-state index contributed by atoms with van der Waals surface area (Å²) in [6, 6.07) is 1.91. The van der Waals surface area contributed by atoms with E-state index < -0.39 is 0 Å². The predicted molar refractivity (Wildman–Crippen MR) is 52.7 cm³/mol. The number of aromatic nitrogens is 2. The molecule has 76 valence electrons. The van der Waals surface area contributed by atoms with E-state index in [9.17, 15) is 4.79 Å². The van der Waals surface area contributed by atoms with Crippen LogP contribution in [0.1, 0.15) is 25.0 Å². The van der Waals surface area contributed by atoms with Crippen LogP contribution < -0.4 is 0 Å². The van der Waals surface area contributed by atoms with E-state index in [1.54, 1.807) is 6.20 Å². The van der Waals surface area contributed by atoms with Crippen molar-refractivity contribution >= 4 is 5.91 Å². The molecule has 1 aliphatic rings. The molecule has 4 nitrogen and oxygen atoms in total. The fraction of sp³-hybridized carbons (Fsp3) is 0.600. The standard InChI is InChI=1S/C10H15N3O/c14-10(13-7-1-2-8-13)4-3-9-5-6-11-12-9/h5-6H,1-4,7-8H2,(H,11,12). The molecule has 0 radical (unpaired) electrons. The Morgan fingerprint density at radius 1 is 1.50 bits per heavy atom. The summed E-state index contributed by atoms with van der Waals surface area (Å²) in [5.74, 6) is 0.275. The SMILES string of the molecule is O=C(CCc1ccn[nH]1)N1CCCC1. The number of H-pyrrole nitrogens is 1. The monoisotopic (exact) mass is 193 g/mol. The van der Waals surface area contributed by atoms with Gasteiger partial charge >= 0.3 is 0 Å². The summed E-state index contributed by atoms with van der Waals surface area (Å²) in [5, 5.41) is 6.71. The normalized spacial score (nSPS) is 16.1. The van der Waals surface area contributed by atoms with Gasteiger partial charge in [0.2, 0.25) is 5.91 Å². The van der Waals surface area contributed by atoms with Gasteiger partial charge in [-0.05, 0) is 25.3 Å². The first-order valence-corrected chi connectivity index (χ1v) is 5.12. The van der Waals surface area contributed by atoms with Crippen molar-refractivity contribution in [3.63, 3.8) is 0 Å². The zero-order chi connectivity index (χ0) is 9.80. The lowest BCUT2D eigenvalue weighted by atomic mass is 10.2. The second-order valence-corrected chi connectivity index (χ2v) is 3.67. The fourth-order valence-electron chi connectivity index (χ4n) is 1.79. The van der Waals surface area contributed by atoms with Gasteiger partial charge in [-0.2, -0.15) is 5.10 Å². The number of nitrogens with one attached hydrogen (secondary N) is 1. The molecule has 0 bridgehead atoms. The molecule has 0 atom stereocenters. The van der Waals surface area contributed by atoms with Crippen molar-refractivity contribution in [3.05, 3.63) is 18.0 Å². The van der Waals surface area contributed by atoms with E-state index >= 15 is 0 Å². The molecule has 1 amide bonds. The lowest BCUT2D eigenvalue weighted by Crippen LogP contribution is -2.27. The number of carbonyl (C=O) groups is 1. The van der Waals surface area contributed by atoms with Crippen molar-refractivity contribution in [1.82, 2.24) is 15.1 Å². The summed E-state index contributed by atoms with van der Waals surface area (Å²) in [5.41, 5.74) is 1.04. The molecule has 14 heavy (non-hydrogen) atoms. The van der Waals surface area contributed by atoms with Crippen LogP contribution >= 0.6 is 0 Å². The van der Waals surface area contributed by atoms with Crippen molar-refractivity contribution in [2.45, 2.75) is 25.7 Å². The van der Waals surface area contributed by atoms with Gasteiger partial charge in [0.1, 0.15) is 0 Å². The maximum absolute atomic E-state index is 11.6. The van der Waals surface area contributed by atoms with Crippen LogP contribution in [0, 0.1) is 0 Å². The molecule has 2 heterocycles. The van der Waals surface area contributed by atoms with E-state index in [1.165, 1.54) is 0 Å². The fourth-order valence-corrected chi connectivity index (χ4v) is 1.79. The van der Waals surface area contributed by atoms with E-state index in [-0.39, 0.29) is 5.91 Å². The molecule has 0 spiro atoms. The number of rotatable bonds is 3. The van der Waals surface area contributed by atoms with E-state index in [4.69, 9.17) is 0 Å². The molecule has 4 heteroatoms. The Hall–Kier alpha value is -1.32. The summed E-state index contributed by atoms with van der Waals surface area (Å²) in [4.78, 5) is 13.6. The van der Waals surface area contributed by atoms with Crippen molar-refractivity contribution in [3.8, 4) is 0 Å². The number of nitrogens with zero attached hydrogens (tertiary/aromatic N) is 2. The molecule has 1 aromatic rings. The highest BCUT2D eigenvalue weighted by Gasteiger charge is 2.17. The topological polar surface area (TPSA) is 49.0 Å². The third-order valence-electron chi connectivity index (χ3n) is 2.63. The first kappa shape index (κ1) is 9.24. The molecular formula is C10H15N3O. The van der Waals surface area contributed by atoms with E-state index in [0.717, 1.165) is 38.0 Å². The summed E-state index contributed by atoms with van der Waals surface area (Å²) < 4.78 is 0. The first-order chi connectivity index (χ1) is 6.86. The first-order valence-electron chi connectivity index (χ1n) is 5.12. The van der Waals surface area contributed by atoms with Gasteiger partial charge in [0.05, 0.1) is 0 Å². The Labute approximate surface area is 83.3 Å². The van der Waals surface area contributed by atoms with E-state index in [1.807, 2.05) is 11.0 Å². The number of amides is 1. The molecule has 1 aliphatic heterocycles. The number of likely N-dealkylation sites (tertiary alicyclic amines) is 1. The number of hydrogen-bond donors (Lipinski definition) is 1. The maximum atomic E-state index is 11.6. The van der Waals surface area contributed by atoms with Crippen molar-refractivity contribution in [2.24, 2.45) is 0 Å². The van der Waals surface area contributed by atoms with Gasteiger partial charge in [0.15, 0.2) is 0 Å². The quantitative estimate of drug-likeness (QED) is 0.777. The van der Waals surface area contributed by atoms with Crippen LogP contribution in [-0.2, 0) is 11.2 Å². The Kier molecular flexibility index (Phi) is 2.81. The van der Waals surface area contributed by atoms with Crippen LogP contribution in [0.5, 0.6) is 0 Å². The third kappa shape index (κ3) is 2.13. The molecule has 1 fully saturated rings. The second kappa shape index (κ2) is 4.26. The summed E-state index contributed by atoms with van der Waals surface area (Å²) in [7, 11) is 0. The van der Waals surface area contributed by atoms with Crippen LogP contribution in [0.4, 0.5) is 0 Å². The molecule has 0 aliphatic carbocycles. The number of hydrogen-bond acceptors (Lipinski definition) is 2. The number of aromatic amines is 1. The van der Waals surface area contributed by atoms with Crippen LogP contribution in [0.15, 0.2) is 12.3 Å². The van der Waals surface area contributed by atoms with E-state index in [0.29, 0.717) is 6.42 Å². The average molecular weight is 193 g/mol. The van der Waals surface area contributed by atoms with Gasteiger partial charge in [-0.3, -0.25) is 9.89 Å². The van der Waals surface area contributed by atoms with Crippen LogP contribution in [-0.4, -0.2) is 34.1 Å². The van der Waals surface area contributed by atoms with Gasteiger partial charge in [-0.25, -0.2) is 0 Å². The zero-order valence-electron chi connectivity index (χ0n) is 8.20. The van der Waals surface area contributed by atoms with Gasteiger partial charge in [0, 0.05) is 31.4 Å². The van der Waals surface area contributed by atoms with Crippen molar-refractivity contribution in [1.29, 1.82) is 0 Å².